The van der Waals surface area contributed by atoms with Crippen molar-refractivity contribution in [1.29, 1.82) is 0 Å². The summed E-state index contributed by atoms with van der Waals surface area (Å²) >= 11 is 0.962. The molecule has 0 spiro atoms. The van der Waals surface area contributed by atoms with Crippen molar-refractivity contribution in [3.8, 4) is 0 Å². The molecule has 0 aromatic carbocycles. The summed E-state index contributed by atoms with van der Waals surface area (Å²) in [5.41, 5.74) is -0.865. The molecule has 106 valence electrons. The van der Waals surface area contributed by atoms with Crippen LogP contribution in [-0.2, 0) is 17.4 Å². The summed E-state index contributed by atoms with van der Waals surface area (Å²) in [6.07, 6.45) is -2.30. The number of hydrogen-bond acceptors (Lipinski definition) is 4. The van der Waals surface area contributed by atoms with E-state index in [-0.39, 0.29) is 11.9 Å². The zero-order valence-corrected chi connectivity index (χ0v) is 10.9. The Labute approximate surface area is 112 Å². The smallest absolute Gasteiger partial charge is 0.354 e. The number of rotatable bonds is 4. The third-order valence-corrected chi connectivity index (χ3v) is 3.77. The number of alkyl halides is 3. The number of hydrogen-bond donors (Lipinski definition) is 2. The highest BCUT2D eigenvalue weighted by atomic mass is 32.1. The first-order chi connectivity index (χ1) is 8.97. The first-order valence-electron chi connectivity index (χ1n) is 5.99. The summed E-state index contributed by atoms with van der Waals surface area (Å²) in [7, 11) is 0. The van der Waals surface area contributed by atoms with Crippen LogP contribution in [0.25, 0.3) is 0 Å². The molecule has 1 saturated heterocycles. The number of carbonyl (C=O) groups excluding carboxylic acids is 1. The van der Waals surface area contributed by atoms with Gasteiger partial charge in [-0.3, -0.25) is 4.79 Å². The minimum absolute atomic E-state index is 0.0925. The normalized spacial score (nSPS) is 19.6. The van der Waals surface area contributed by atoms with Crippen LogP contribution in [0.15, 0.2) is 5.38 Å². The maximum absolute atomic E-state index is 12.3. The number of amides is 1. The number of nitrogens with one attached hydrogen (secondary N) is 2. The van der Waals surface area contributed by atoms with Gasteiger partial charge in [0.15, 0.2) is 5.69 Å². The Kier molecular flexibility index (Phi) is 4.41. The summed E-state index contributed by atoms with van der Waals surface area (Å²) in [5, 5.41) is 7.14. The van der Waals surface area contributed by atoms with Crippen LogP contribution in [0.4, 0.5) is 13.2 Å². The van der Waals surface area contributed by atoms with Gasteiger partial charge in [-0.1, -0.05) is 0 Å². The number of halogens is 3. The van der Waals surface area contributed by atoms with Gasteiger partial charge < -0.3 is 10.6 Å². The zero-order valence-electron chi connectivity index (χ0n) is 10.1. The largest absolute Gasteiger partial charge is 0.434 e. The highest BCUT2D eigenvalue weighted by molar-refractivity contribution is 7.09. The third-order valence-electron chi connectivity index (χ3n) is 2.86. The van der Waals surface area contributed by atoms with Gasteiger partial charge in [0.05, 0.1) is 11.0 Å². The quantitative estimate of drug-likeness (QED) is 0.886. The van der Waals surface area contributed by atoms with Crippen LogP contribution in [0.3, 0.4) is 0 Å². The second-order valence-corrected chi connectivity index (χ2v) is 5.26. The second kappa shape index (κ2) is 5.87. The minimum Gasteiger partial charge on any atom is -0.354 e. The van der Waals surface area contributed by atoms with Gasteiger partial charge in [0, 0.05) is 18.3 Å². The molecule has 2 heterocycles. The monoisotopic (exact) mass is 293 g/mol. The molecule has 1 aromatic rings. The number of nitrogens with zero attached hydrogens (tertiary/aromatic N) is 1. The Morgan fingerprint density at radius 2 is 2.37 bits per heavy atom. The Morgan fingerprint density at radius 1 is 1.58 bits per heavy atom. The molecule has 0 radical (unpaired) electrons. The van der Waals surface area contributed by atoms with Gasteiger partial charge in [-0.05, 0) is 19.4 Å². The van der Waals surface area contributed by atoms with Crippen LogP contribution in [0.2, 0.25) is 0 Å². The average Bonchev–Trinajstić information content (AvgIpc) is 2.99. The van der Waals surface area contributed by atoms with E-state index in [1.807, 2.05) is 0 Å². The molecule has 2 rings (SSSR count). The third kappa shape index (κ3) is 3.90. The lowest BCUT2D eigenvalue weighted by Gasteiger charge is -2.10. The van der Waals surface area contributed by atoms with Crippen molar-refractivity contribution in [2.45, 2.75) is 31.5 Å². The molecule has 2 N–H and O–H groups in total. The zero-order chi connectivity index (χ0) is 13.9. The van der Waals surface area contributed by atoms with Crippen LogP contribution in [-0.4, -0.2) is 30.0 Å². The van der Waals surface area contributed by atoms with Crippen molar-refractivity contribution >= 4 is 17.2 Å². The lowest BCUT2D eigenvalue weighted by atomic mass is 10.2. The van der Waals surface area contributed by atoms with E-state index in [4.69, 9.17) is 0 Å². The molecule has 1 aliphatic rings. The highest BCUT2D eigenvalue weighted by Gasteiger charge is 2.33. The van der Waals surface area contributed by atoms with Crippen LogP contribution in [0.1, 0.15) is 23.5 Å². The van der Waals surface area contributed by atoms with Crippen molar-refractivity contribution in [2.75, 3.05) is 13.1 Å². The first kappa shape index (κ1) is 14.3. The van der Waals surface area contributed by atoms with E-state index >= 15 is 0 Å². The lowest BCUT2D eigenvalue weighted by Crippen LogP contribution is -2.41. The Morgan fingerprint density at radius 3 is 2.95 bits per heavy atom. The molecule has 19 heavy (non-hydrogen) atoms. The average molecular weight is 293 g/mol. The Bertz CT molecular complexity index is 441. The second-order valence-electron chi connectivity index (χ2n) is 4.31. The Balaban J connectivity index is 1.76. The SMILES string of the molecule is O=C(NCCc1nc(C(F)(F)F)cs1)C1CCCN1. The molecule has 8 heteroatoms. The fourth-order valence-corrected chi connectivity index (χ4v) is 2.69. The lowest BCUT2D eigenvalue weighted by molar-refractivity contribution is -0.140. The molecule has 1 fully saturated rings. The first-order valence-corrected chi connectivity index (χ1v) is 6.87. The summed E-state index contributed by atoms with van der Waals surface area (Å²) in [4.78, 5) is 15.1. The van der Waals surface area contributed by atoms with Gasteiger partial charge in [-0.2, -0.15) is 13.2 Å². The van der Waals surface area contributed by atoms with Crippen LogP contribution < -0.4 is 10.6 Å². The van der Waals surface area contributed by atoms with E-state index in [1.54, 1.807) is 0 Å². The molecule has 0 bridgehead atoms. The predicted molar refractivity (Wildman–Crippen MR) is 64.9 cm³/mol. The minimum atomic E-state index is -4.40. The van der Waals surface area contributed by atoms with Crippen molar-refractivity contribution in [2.24, 2.45) is 0 Å². The topological polar surface area (TPSA) is 54.0 Å². The standard InChI is InChI=1S/C11H14F3N3OS/c12-11(13,14)8-6-19-9(17-8)3-5-16-10(18)7-2-1-4-15-7/h6-7,15H,1-5H2,(H,16,18). The van der Waals surface area contributed by atoms with Crippen molar-refractivity contribution < 1.29 is 18.0 Å². The molecule has 1 amide bonds. The molecular formula is C11H14F3N3OS. The van der Waals surface area contributed by atoms with Crippen LogP contribution in [0.5, 0.6) is 0 Å². The van der Waals surface area contributed by atoms with E-state index in [0.717, 1.165) is 36.1 Å². The van der Waals surface area contributed by atoms with E-state index in [9.17, 15) is 18.0 Å². The van der Waals surface area contributed by atoms with Gasteiger partial charge in [0.25, 0.3) is 0 Å². The maximum atomic E-state index is 12.3. The number of carbonyl (C=O) groups is 1. The van der Waals surface area contributed by atoms with Crippen molar-refractivity contribution in [3.05, 3.63) is 16.1 Å². The summed E-state index contributed by atoms with van der Waals surface area (Å²) in [6.45, 7) is 1.14. The van der Waals surface area contributed by atoms with Gasteiger partial charge >= 0.3 is 6.18 Å². The summed E-state index contributed by atoms with van der Waals surface area (Å²) in [5.74, 6) is -0.0925. The molecule has 4 nitrogen and oxygen atoms in total. The molecule has 1 aliphatic heterocycles. The van der Waals surface area contributed by atoms with Crippen LogP contribution >= 0.6 is 11.3 Å². The maximum Gasteiger partial charge on any atom is 0.434 e. The highest BCUT2D eigenvalue weighted by Crippen LogP contribution is 2.29. The molecule has 0 aliphatic carbocycles. The van der Waals surface area contributed by atoms with Crippen LogP contribution in [0, 0.1) is 0 Å². The predicted octanol–water partition coefficient (Wildman–Crippen LogP) is 1.57. The molecule has 1 unspecified atom stereocenters. The van der Waals surface area contributed by atoms with Gasteiger partial charge in [-0.25, -0.2) is 4.98 Å². The summed E-state index contributed by atoms with van der Waals surface area (Å²) in [6, 6.07) is -0.165. The van der Waals surface area contributed by atoms with Gasteiger partial charge in [0.2, 0.25) is 5.91 Å². The van der Waals surface area contributed by atoms with Crippen molar-refractivity contribution in [1.82, 2.24) is 15.6 Å². The van der Waals surface area contributed by atoms with Gasteiger partial charge in [0.1, 0.15) is 0 Å². The molecule has 0 saturated carbocycles. The van der Waals surface area contributed by atoms with Gasteiger partial charge in [-0.15, -0.1) is 11.3 Å². The Hall–Kier alpha value is -1.15. The summed E-state index contributed by atoms with van der Waals surface area (Å²) < 4.78 is 37.0. The van der Waals surface area contributed by atoms with E-state index < -0.39 is 11.9 Å². The number of aromatic nitrogens is 1. The van der Waals surface area contributed by atoms with E-state index in [2.05, 4.69) is 15.6 Å². The number of thiazole rings is 1. The molecule has 1 aromatic heterocycles. The molecule has 1 atom stereocenters. The van der Waals surface area contributed by atoms with Crippen molar-refractivity contribution in [3.63, 3.8) is 0 Å². The fourth-order valence-electron chi connectivity index (χ4n) is 1.88. The van der Waals surface area contributed by atoms with E-state index in [0.29, 0.717) is 18.0 Å². The fraction of sp³-hybridized carbons (Fsp3) is 0.636. The molecular weight excluding hydrogens is 279 g/mol. The van der Waals surface area contributed by atoms with E-state index in [1.165, 1.54) is 0 Å².